The van der Waals surface area contributed by atoms with E-state index in [4.69, 9.17) is 14.3 Å². The lowest BCUT2D eigenvalue weighted by molar-refractivity contribution is -0.200. The van der Waals surface area contributed by atoms with Crippen LogP contribution in [0.4, 0.5) is 0 Å². The highest BCUT2D eigenvalue weighted by molar-refractivity contribution is 5.90. The lowest BCUT2D eigenvalue weighted by atomic mass is 9.95. The number of amides is 3. The molecule has 44 heavy (non-hydrogen) atoms. The summed E-state index contributed by atoms with van der Waals surface area (Å²) in [4.78, 5) is 47.2. The summed E-state index contributed by atoms with van der Waals surface area (Å²) in [6, 6.07) is 16.8. The maximum atomic E-state index is 13.7. The average molecular weight is 606 g/mol. The van der Waals surface area contributed by atoms with Crippen LogP contribution in [0.3, 0.4) is 0 Å². The molecule has 0 bridgehead atoms. The van der Waals surface area contributed by atoms with Crippen molar-refractivity contribution in [1.29, 1.82) is 0 Å². The first-order chi connectivity index (χ1) is 21.5. The Balaban J connectivity index is 1.42. The molecule has 9 nitrogen and oxygen atoms in total. The number of rotatable bonds is 9. The molecule has 3 amide bonds. The second-order valence-corrected chi connectivity index (χ2v) is 11.7. The molecule has 2 aliphatic rings. The molecule has 0 spiro atoms. The van der Waals surface area contributed by atoms with Gasteiger partial charge < -0.3 is 19.7 Å². The third kappa shape index (κ3) is 11.4. The fourth-order valence-electron chi connectivity index (χ4n) is 5.42. The maximum Gasteiger partial charge on any atom is 0.245 e. The van der Waals surface area contributed by atoms with Crippen LogP contribution in [0.25, 0.3) is 0 Å². The number of allylic oxidation sites excluding steroid dienone is 2. The molecule has 0 aromatic heterocycles. The lowest BCUT2D eigenvalue weighted by Gasteiger charge is -2.27. The molecule has 2 aromatic rings. The number of likely N-dealkylation sites (N-methyl/N-ethyl adjacent to an activating group) is 1. The van der Waals surface area contributed by atoms with Gasteiger partial charge in [-0.15, -0.1) is 0 Å². The molecule has 1 fully saturated rings. The van der Waals surface area contributed by atoms with E-state index in [-0.39, 0.29) is 24.1 Å². The van der Waals surface area contributed by atoms with E-state index >= 15 is 0 Å². The minimum Gasteiger partial charge on any atom is -0.489 e. The Morgan fingerprint density at radius 3 is 2.45 bits per heavy atom. The van der Waals surface area contributed by atoms with Crippen LogP contribution in [0.15, 0.2) is 66.7 Å². The van der Waals surface area contributed by atoms with Gasteiger partial charge in [0.25, 0.3) is 0 Å². The van der Waals surface area contributed by atoms with Gasteiger partial charge in [-0.3, -0.25) is 14.4 Å². The summed E-state index contributed by atoms with van der Waals surface area (Å²) in [5.74, 6) is -0.693. The van der Waals surface area contributed by atoms with E-state index in [9.17, 15) is 14.4 Å². The second kappa shape index (κ2) is 18.2. The molecule has 2 aromatic carbocycles. The van der Waals surface area contributed by atoms with Crippen molar-refractivity contribution >= 4 is 17.7 Å². The van der Waals surface area contributed by atoms with Crippen LogP contribution in [0.1, 0.15) is 75.3 Å². The summed E-state index contributed by atoms with van der Waals surface area (Å²) in [6.07, 6.45) is 11.7. The number of hydrogen-bond acceptors (Lipinski definition) is 6. The van der Waals surface area contributed by atoms with E-state index in [1.165, 1.54) is 0 Å². The Labute approximate surface area is 261 Å². The van der Waals surface area contributed by atoms with Gasteiger partial charge in [0.15, 0.2) is 6.29 Å². The van der Waals surface area contributed by atoms with Crippen molar-refractivity contribution in [3.8, 4) is 5.75 Å². The van der Waals surface area contributed by atoms with E-state index in [0.29, 0.717) is 39.0 Å². The number of ether oxygens (including phenoxy) is 2. The normalized spacial score (nSPS) is 22.4. The zero-order valence-corrected chi connectivity index (χ0v) is 25.9. The standard InChI is InChI=1S/C35H47N3O6/c1-38-22-12-6-4-2-3-5-10-16-29(25-32(39)37-44-33-17-11-13-23-42-33)34(40)36-31(35(38)41)24-27-18-20-30(21-19-27)43-26-28-14-8-7-9-15-28/h2-3,7-9,14-15,18-21,29,31,33H,4-6,10-13,16-17,22-26H2,1H3,(H,36,40)(H,37,39)/t29-,31+,33?/m1/s1. The highest BCUT2D eigenvalue weighted by Gasteiger charge is 2.29. The van der Waals surface area contributed by atoms with Gasteiger partial charge in [0, 0.05) is 45.4 Å². The zero-order valence-electron chi connectivity index (χ0n) is 25.9. The van der Waals surface area contributed by atoms with Crippen LogP contribution in [-0.4, -0.2) is 55.2 Å². The van der Waals surface area contributed by atoms with Crippen molar-refractivity contribution in [3.63, 3.8) is 0 Å². The van der Waals surface area contributed by atoms with Gasteiger partial charge in [0.05, 0.1) is 0 Å². The monoisotopic (exact) mass is 605 g/mol. The minimum absolute atomic E-state index is 0.0353. The Morgan fingerprint density at radius 1 is 0.932 bits per heavy atom. The van der Waals surface area contributed by atoms with E-state index in [1.807, 2.05) is 54.6 Å². The maximum absolute atomic E-state index is 13.7. The van der Waals surface area contributed by atoms with Crippen molar-refractivity contribution in [2.45, 2.75) is 89.6 Å². The van der Waals surface area contributed by atoms with Gasteiger partial charge in [-0.2, -0.15) is 0 Å². The minimum atomic E-state index is -0.760. The summed E-state index contributed by atoms with van der Waals surface area (Å²) in [5.41, 5.74) is 4.46. The Kier molecular flexibility index (Phi) is 13.7. The summed E-state index contributed by atoms with van der Waals surface area (Å²) < 4.78 is 11.4. The van der Waals surface area contributed by atoms with Crippen LogP contribution in [0, 0.1) is 5.92 Å². The molecule has 1 saturated heterocycles. The van der Waals surface area contributed by atoms with Crippen molar-refractivity contribution in [2.24, 2.45) is 5.92 Å². The van der Waals surface area contributed by atoms with E-state index < -0.39 is 18.2 Å². The van der Waals surface area contributed by atoms with Crippen molar-refractivity contribution < 1.29 is 28.7 Å². The molecular formula is C35H47N3O6. The summed E-state index contributed by atoms with van der Waals surface area (Å²) in [5, 5.41) is 3.01. The first-order valence-corrected chi connectivity index (χ1v) is 16.0. The smallest absolute Gasteiger partial charge is 0.245 e. The molecule has 2 heterocycles. The molecule has 4 rings (SSSR count). The summed E-state index contributed by atoms with van der Waals surface area (Å²) >= 11 is 0. The number of hydrogen-bond donors (Lipinski definition) is 2. The lowest BCUT2D eigenvalue weighted by Crippen LogP contribution is -2.50. The number of carbonyl (C=O) groups is 3. The predicted molar refractivity (Wildman–Crippen MR) is 168 cm³/mol. The average Bonchev–Trinajstić information content (AvgIpc) is 3.05. The number of nitrogens with zero attached hydrogens (tertiary/aromatic N) is 1. The topological polar surface area (TPSA) is 106 Å². The van der Waals surface area contributed by atoms with Gasteiger partial charge in [-0.05, 0) is 74.6 Å². The third-order valence-electron chi connectivity index (χ3n) is 8.05. The van der Waals surface area contributed by atoms with Crippen molar-refractivity contribution in [2.75, 3.05) is 20.2 Å². The van der Waals surface area contributed by atoms with Crippen LogP contribution < -0.4 is 15.5 Å². The highest BCUT2D eigenvalue weighted by Crippen LogP contribution is 2.19. The molecule has 238 valence electrons. The molecule has 3 atom stereocenters. The van der Waals surface area contributed by atoms with E-state index in [2.05, 4.69) is 22.9 Å². The van der Waals surface area contributed by atoms with E-state index in [0.717, 1.165) is 61.8 Å². The first kappa shape index (κ1) is 33.2. The Bertz CT molecular complexity index is 1200. The van der Waals surface area contributed by atoms with Crippen LogP contribution in [0.2, 0.25) is 0 Å². The molecule has 0 saturated carbocycles. The Morgan fingerprint density at radius 2 is 1.70 bits per heavy atom. The highest BCUT2D eigenvalue weighted by atomic mass is 16.8. The molecular weight excluding hydrogens is 558 g/mol. The number of carbonyl (C=O) groups excluding carboxylic acids is 3. The summed E-state index contributed by atoms with van der Waals surface area (Å²) in [7, 11) is 1.78. The number of hydroxylamine groups is 1. The molecule has 9 heteroatoms. The first-order valence-electron chi connectivity index (χ1n) is 16.0. The fourth-order valence-corrected chi connectivity index (χ4v) is 5.42. The quantitative estimate of drug-likeness (QED) is 0.299. The van der Waals surface area contributed by atoms with Crippen LogP contribution in [0.5, 0.6) is 5.75 Å². The van der Waals surface area contributed by atoms with Crippen LogP contribution >= 0.6 is 0 Å². The second-order valence-electron chi connectivity index (χ2n) is 11.7. The summed E-state index contributed by atoms with van der Waals surface area (Å²) in [6.45, 7) is 1.68. The largest absolute Gasteiger partial charge is 0.489 e. The SMILES string of the molecule is CN1CCCCC=CCCC[C@H](CC(=O)NOC2CCCCO2)C(=O)N[C@@H](Cc2ccc(OCc3ccccc3)cc2)C1=O. The number of benzene rings is 2. The van der Waals surface area contributed by atoms with Crippen molar-refractivity contribution in [3.05, 3.63) is 77.9 Å². The van der Waals surface area contributed by atoms with Gasteiger partial charge >= 0.3 is 0 Å². The van der Waals surface area contributed by atoms with Crippen molar-refractivity contribution in [1.82, 2.24) is 15.7 Å². The third-order valence-corrected chi connectivity index (χ3v) is 8.05. The molecule has 2 aliphatic heterocycles. The fraction of sp³-hybridized carbons (Fsp3) is 0.514. The zero-order chi connectivity index (χ0) is 31.0. The van der Waals surface area contributed by atoms with Gasteiger partial charge in [-0.1, -0.05) is 54.6 Å². The molecule has 1 unspecified atom stereocenters. The molecule has 2 N–H and O–H groups in total. The van der Waals surface area contributed by atoms with Gasteiger partial charge in [-0.25, -0.2) is 10.3 Å². The molecule has 0 aliphatic carbocycles. The van der Waals surface area contributed by atoms with E-state index in [1.54, 1.807) is 11.9 Å². The van der Waals surface area contributed by atoms with Gasteiger partial charge in [0.2, 0.25) is 17.7 Å². The predicted octanol–water partition coefficient (Wildman–Crippen LogP) is 5.24. The van der Waals surface area contributed by atoms with Crippen LogP contribution in [-0.2, 0) is 37.0 Å². The number of nitrogens with one attached hydrogen (secondary N) is 2. The van der Waals surface area contributed by atoms with Gasteiger partial charge in [0.1, 0.15) is 18.4 Å². The molecule has 0 radical (unpaired) electrons. The Hall–Kier alpha value is -3.69.